The summed E-state index contributed by atoms with van der Waals surface area (Å²) in [5, 5.41) is 0. The van der Waals surface area contributed by atoms with Gasteiger partial charge in [-0.15, -0.1) is 0 Å². The minimum absolute atomic E-state index is 0.0104. The Morgan fingerprint density at radius 2 is 0.637 bits per heavy atom. The van der Waals surface area contributed by atoms with Gasteiger partial charge in [0.25, 0.3) is 5.95 Å². The lowest BCUT2D eigenvalue weighted by atomic mass is 10.4. The van der Waals surface area contributed by atoms with Gasteiger partial charge in [0.1, 0.15) is 86.6 Å². The van der Waals surface area contributed by atoms with Crippen molar-refractivity contribution in [1.29, 1.82) is 0 Å². The Bertz CT molecular complexity index is 1690. The SMILES string of the molecule is C=C1OCC(OCOCC(OCOC2COC(C)(C)O2)OCN2CCN(CO[C@H](COCOC3COC(C)(C)O3)OCOC3COC(C)(C)O3)CCN(CO[C@H](COCOC3COC(C)(C)O3)OCOC3COC(C)(C)O3)CC2)O1. The van der Waals surface area contributed by atoms with Crippen LogP contribution < -0.4 is 0 Å². The van der Waals surface area contributed by atoms with E-state index in [9.17, 15) is 0 Å². The molecule has 0 radical (unpaired) electrons. The molecule has 7 unspecified atom stereocenters. The third-order valence-electron chi connectivity index (χ3n) is 12.4. The van der Waals surface area contributed by atoms with E-state index >= 15 is 0 Å². The third-order valence-corrected chi connectivity index (χ3v) is 12.4. The first kappa shape index (κ1) is 65.8. The van der Waals surface area contributed by atoms with Crippen molar-refractivity contribution in [3.63, 3.8) is 0 Å². The largest absolute Gasteiger partial charge is 0.459 e. The summed E-state index contributed by atoms with van der Waals surface area (Å²) in [6.07, 6.45) is -6.42. The van der Waals surface area contributed by atoms with Crippen LogP contribution in [-0.4, -0.2) is 260 Å². The zero-order valence-corrected chi connectivity index (χ0v) is 48.2. The molecule has 30 nitrogen and oxygen atoms in total. The summed E-state index contributed by atoms with van der Waals surface area (Å²) in [5.41, 5.74) is 0. The van der Waals surface area contributed by atoms with Crippen molar-refractivity contribution >= 4 is 0 Å². The van der Waals surface area contributed by atoms with Crippen molar-refractivity contribution in [2.75, 3.05) is 160 Å². The predicted octanol–water partition coefficient (Wildman–Crippen LogP) is 2.14. The van der Waals surface area contributed by atoms with Crippen LogP contribution in [0.25, 0.3) is 0 Å². The second kappa shape index (κ2) is 32.1. The quantitative estimate of drug-likeness (QED) is 0.0643. The van der Waals surface area contributed by atoms with Gasteiger partial charge in [-0.2, -0.15) is 0 Å². The van der Waals surface area contributed by atoms with Crippen LogP contribution in [0.2, 0.25) is 0 Å². The van der Waals surface area contributed by atoms with Crippen molar-refractivity contribution in [3.8, 4) is 0 Å². The molecule has 0 N–H and O–H groups in total. The van der Waals surface area contributed by atoms with Gasteiger partial charge in [0.2, 0.25) is 6.29 Å². The average Bonchev–Trinajstić information content (AvgIpc) is 4.27. The van der Waals surface area contributed by atoms with E-state index in [0.717, 1.165) is 0 Å². The summed E-state index contributed by atoms with van der Waals surface area (Å²) in [6, 6.07) is 0. The van der Waals surface area contributed by atoms with Gasteiger partial charge >= 0.3 is 0 Å². The first-order valence-corrected chi connectivity index (χ1v) is 27.0. The normalized spacial score (nSPS) is 30.1. The smallest absolute Gasteiger partial charge is 0.274 e. The average molecular weight is 1160 g/mol. The zero-order chi connectivity index (χ0) is 57.1. The molecule has 0 aliphatic carbocycles. The van der Waals surface area contributed by atoms with Crippen molar-refractivity contribution in [2.45, 2.75) is 155 Å². The molecule has 0 bridgehead atoms. The summed E-state index contributed by atoms with van der Waals surface area (Å²) >= 11 is 0. The topological polar surface area (TPSA) is 259 Å². The Morgan fingerprint density at radius 3 is 0.875 bits per heavy atom. The molecule has 0 saturated carbocycles. The maximum Gasteiger partial charge on any atom is 0.274 e. The van der Waals surface area contributed by atoms with E-state index in [1.807, 2.05) is 55.4 Å². The lowest BCUT2D eigenvalue weighted by Gasteiger charge is -2.28. The first-order valence-electron chi connectivity index (χ1n) is 27.0. The van der Waals surface area contributed by atoms with Crippen LogP contribution in [0.4, 0.5) is 0 Å². The van der Waals surface area contributed by atoms with Gasteiger partial charge in [-0.25, -0.2) is 0 Å². The highest BCUT2D eigenvalue weighted by atomic mass is 16.9. The Hall–Kier alpha value is -1.78. The molecular formula is C50H89N3O27. The molecular weight excluding hydrogens is 1070 g/mol. The molecule has 80 heavy (non-hydrogen) atoms. The van der Waals surface area contributed by atoms with E-state index in [1.165, 1.54) is 0 Å². The van der Waals surface area contributed by atoms with Crippen LogP contribution in [0.3, 0.4) is 0 Å². The third kappa shape index (κ3) is 25.0. The van der Waals surface area contributed by atoms with Crippen LogP contribution in [0.5, 0.6) is 0 Å². The van der Waals surface area contributed by atoms with Crippen LogP contribution in [0, 0.1) is 0 Å². The predicted molar refractivity (Wildman–Crippen MR) is 265 cm³/mol. The molecule has 0 amide bonds. The summed E-state index contributed by atoms with van der Waals surface area (Å²) in [5.74, 6) is -3.71. The molecule has 7 aliphatic rings. The molecule has 466 valence electrons. The minimum Gasteiger partial charge on any atom is -0.459 e. The Kier molecular flexibility index (Phi) is 26.4. The monoisotopic (exact) mass is 1160 g/mol. The molecule has 0 aromatic carbocycles. The van der Waals surface area contributed by atoms with Gasteiger partial charge in [0.05, 0.1) is 0 Å². The van der Waals surface area contributed by atoms with Crippen LogP contribution in [0.15, 0.2) is 12.5 Å². The van der Waals surface area contributed by atoms with E-state index < -0.39 is 85.5 Å². The standard InChI is InChI=1S/C50H89N3O27/c1-36-57-21-40(75-36)61-30-54-18-37(64-33-67-43-24-72-48(6,7)78-43)58-27-51-12-14-52(28-59-38(65-34-68-44-25-73-49(8,9)79-44)19-55-31-62-41-22-70-46(2,3)76-41)16-17-53(15-13-51)29-60-39(66-35-69-45-26-74-50(10,11)80-45)20-56-32-63-42-23-71-47(4,5)77-42/h37-45H,1,12-35H2,2-11H3/t37?,38-,39-,40?,41?,42?,43?,44?,45?/m0/s1. The van der Waals surface area contributed by atoms with Gasteiger partial charge in [-0.1, -0.05) is 0 Å². The Balaban J connectivity index is 0.979. The second-order valence-corrected chi connectivity index (χ2v) is 21.4. The van der Waals surface area contributed by atoms with Crippen LogP contribution >= 0.6 is 0 Å². The fraction of sp³-hybridized carbons (Fsp3) is 0.960. The maximum absolute atomic E-state index is 6.41. The van der Waals surface area contributed by atoms with Crippen LogP contribution in [-0.2, 0) is 128 Å². The molecule has 0 aromatic heterocycles. The molecule has 7 rings (SSSR count). The lowest BCUT2D eigenvalue weighted by Crippen LogP contribution is -2.41. The van der Waals surface area contributed by atoms with E-state index in [0.29, 0.717) is 39.3 Å². The van der Waals surface area contributed by atoms with Gasteiger partial charge in [-0.3, -0.25) is 14.7 Å². The Morgan fingerprint density at radius 1 is 0.375 bits per heavy atom. The molecule has 7 aliphatic heterocycles. The molecule has 9 atom stereocenters. The van der Waals surface area contributed by atoms with Gasteiger partial charge in [0, 0.05) is 39.3 Å². The highest BCUT2D eigenvalue weighted by Gasteiger charge is 2.38. The van der Waals surface area contributed by atoms with E-state index in [4.69, 9.17) is 128 Å². The summed E-state index contributed by atoms with van der Waals surface area (Å²) in [7, 11) is 0. The van der Waals surface area contributed by atoms with Crippen molar-refractivity contribution < 1.29 is 128 Å². The highest BCUT2D eigenvalue weighted by molar-refractivity contribution is 4.75. The minimum atomic E-state index is -0.901. The summed E-state index contributed by atoms with van der Waals surface area (Å²) in [4.78, 5) is 6.38. The van der Waals surface area contributed by atoms with E-state index in [1.54, 1.807) is 13.8 Å². The van der Waals surface area contributed by atoms with Crippen LogP contribution in [0.1, 0.15) is 69.2 Å². The van der Waals surface area contributed by atoms with Crippen molar-refractivity contribution in [2.24, 2.45) is 0 Å². The van der Waals surface area contributed by atoms with Gasteiger partial charge in [-0.05, 0) is 75.8 Å². The highest BCUT2D eigenvalue weighted by Crippen LogP contribution is 2.27. The molecule has 0 spiro atoms. The van der Waals surface area contributed by atoms with Gasteiger partial charge in [0.15, 0.2) is 113 Å². The first-order chi connectivity index (χ1) is 38.1. The Labute approximate surface area is 468 Å². The van der Waals surface area contributed by atoms with Crippen molar-refractivity contribution in [1.82, 2.24) is 14.7 Å². The fourth-order valence-electron chi connectivity index (χ4n) is 8.08. The number of rotatable bonds is 36. The lowest BCUT2D eigenvalue weighted by molar-refractivity contribution is -0.277. The molecule has 0 aromatic rings. The van der Waals surface area contributed by atoms with E-state index in [2.05, 4.69) is 21.3 Å². The van der Waals surface area contributed by atoms with E-state index in [-0.39, 0.29) is 126 Å². The second-order valence-electron chi connectivity index (χ2n) is 21.4. The number of hydrogen-bond acceptors (Lipinski definition) is 30. The zero-order valence-electron chi connectivity index (χ0n) is 48.2. The molecule has 30 heteroatoms. The fourth-order valence-corrected chi connectivity index (χ4v) is 8.08. The maximum atomic E-state index is 6.41. The summed E-state index contributed by atoms with van der Waals surface area (Å²) in [6.45, 7) is 25.9. The summed E-state index contributed by atoms with van der Waals surface area (Å²) < 4.78 is 157. The molecule has 7 saturated heterocycles. The molecule has 7 heterocycles. The molecule has 7 fully saturated rings. The van der Waals surface area contributed by atoms with Crippen molar-refractivity contribution in [3.05, 3.63) is 12.5 Å². The van der Waals surface area contributed by atoms with Gasteiger partial charge < -0.3 is 128 Å². The number of ether oxygens (including phenoxy) is 27. The number of hydrogen-bond donors (Lipinski definition) is 0. The number of nitrogens with zero attached hydrogens (tertiary/aromatic N) is 3.